The lowest BCUT2D eigenvalue weighted by atomic mass is 10.2. The smallest absolute Gasteiger partial charge is 0.161 e. The Kier molecular flexibility index (Phi) is 5.07. The number of hydrazone groups is 1. The Morgan fingerprint density at radius 2 is 2.06 bits per heavy atom. The van der Waals surface area contributed by atoms with E-state index in [1.54, 1.807) is 26.5 Å². The lowest BCUT2D eigenvalue weighted by molar-refractivity contribution is 0.355. The summed E-state index contributed by atoms with van der Waals surface area (Å²) in [6.45, 7) is 0. The molecule has 0 fully saturated rings. The van der Waals surface area contributed by atoms with Gasteiger partial charge in [0.25, 0.3) is 0 Å². The summed E-state index contributed by atoms with van der Waals surface area (Å²) in [5.41, 5.74) is 3.42. The standard InChI is InChI=1S/C10H12N2O2S2/c1-13-8-4-3-7(5-9(8)14-2)6-11-12-10(15)16/h3-6H,1-2H3,(H2,12,15,16). The molecule has 0 aliphatic carbocycles. The van der Waals surface area contributed by atoms with Crippen molar-refractivity contribution in [1.82, 2.24) is 5.43 Å². The molecule has 4 nitrogen and oxygen atoms in total. The Morgan fingerprint density at radius 3 is 2.62 bits per heavy atom. The molecule has 1 aromatic rings. The highest BCUT2D eigenvalue weighted by molar-refractivity contribution is 8.11. The molecule has 0 amide bonds. The minimum Gasteiger partial charge on any atom is -0.493 e. The fraction of sp³-hybridized carbons (Fsp3) is 0.200. The van der Waals surface area contributed by atoms with E-state index in [4.69, 9.17) is 21.7 Å². The minimum absolute atomic E-state index is 0.316. The SMILES string of the molecule is COc1ccc(C=NNC(=S)S)cc1OC. The van der Waals surface area contributed by atoms with Gasteiger partial charge in [0, 0.05) is 0 Å². The van der Waals surface area contributed by atoms with Gasteiger partial charge in [-0.05, 0) is 23.8 Å². The van der Waals surface area contributed by atoms with Gasteiger partial charge in [-0.25, -0.2) is 0 Å². The van der Waals surface area contributed by atoms with Crippen molar-refractivity contribution in [3.63, 3.8) is 0 Å². The lowest BCUT2D eigenvalue weighted by Crippen LogP contribution is -2.07. The Morgan fingerprint density at radius 1 is 1.38 bits per heavy atom. The molecule has 0 radical (unpaired) electrons. The lowest BCUT2D eigenvalue weighted by Gasteiger charge is -2.07. The maximum atomic E-state index is 5.16. The van der Waals surface area contributed by atoms with Gasteiger partial charge >= 0.3 is 0 Å². The zero-order chi connectivity index (χ0) is 12.0. The first-order valence-electron chi connectivity index (χ1n) is 4.41. The molecule has 0 bridgehead atoms. The van der Waals surface area contributed by atoms with Crippen LogP contribution < -0.4 is 14.9 Å². The van der Waals surface area contributed by atoms with E-state index in [0.717, 1.165) is 5.56 Å². The van der Waals surface area contributed by atoms with Crippen LogP contribution >= 0.6 is 24.8 Å². The summed E-state index contributed by atoms with van der Waals surface area (Å²) < 4.78 is 10.6. The van der Waals surface area contributed by atoms with Crippen LogP contribution in [0.3, 0.4) is 0 Å². The predicted molar refractivity (Wildman–Crippen MR) is 71.9 cm³/mol. The molecule has 0 atom stereocenters. The average molecular weight is 256 g/mol. The van der Waals surface area contributed by atoms with Gasteiger partial charge in [-0.1, -0.05) is 12.2 Å². The van der Waals surface area contributed by atoms with Crippen molar-refractivity contribution in [3.05, 3.63) is 23.8 Å². The van der Waals surface area contributed by atoms with Gasteiger partial charge in [0.05, 0.1) is 20.4 Å². The van der Waals surface area contributed by atoms with Crippen LogP contribution in [-0.2, 0) is 0 Å². The van der Waals surface area contributed by atoms with Crippen LogP contribution in [0.25, 0.3) is 0 Å². The molecule has 1 N–H and O–H groups in total. The summed E-state index contributed by atoms with van der Waals surface area (Å²) in [5.74, 6) is 1.33. The summed E-state index contributed by atoms with van der Waals surface area (Å²) in [7, 11) is 3.17. The second-order valence-electron chi connectivity index (χ2n) is 2.79. The number of thiol groups is 1. The largest absolute Gasteiger partial charge is 0.493 e. The maximum Gasteiger partial charge on any atom is 0.161 e. The molecule has 0 aliphatic heterocycles. The number of nitrogens with zero attached hydrogens (tertiary/aromatic N) is 1. The van der Waals surface area contributed by atoms with E-state index >= 15 is 0 Å². The van der Waals surface area contributed by atoms with Crippen LogP contribution in [0.15, 0.2) is 23.3 Å². The van der Waals surface area contributed by atoms with Crippen molar-refractivity contribution in [3.8, 4) is 11.5 Å². The van der Waals surface area contributed by atoms with Crippen LogP contribution in [-0.4, -0.2) is 24.8 Å². The summed E-state index contributed by atoms with van der Waals surface area (Å²) in [4.78, 5) is 0. The van der Waals surface area contributed by atoms with Gasteiger partial charge in [0.15, 0.2) is 15.8 Å². The monoisotopic (exact) mass is 256 g/mol. The quantitative estimate of drug-likeness (QED) is 0.373. The minimum atomic E-state index is 0.316. The van der Waals surface area contributed by atoms with E-state index in [0.29, 0.717) is 15.8 Å². The Hall–Kier alpha value is -1.27. The number of thiocarbonyl (C=S) groups is 1. The van der Waals surface area contributed by atoms with Crippen molar-refractivity contribution >= 4 is 35.4 Å². The molecule has 0 aliphatic rings. The molecule has 1 rings (SSSR count). The van der Waals surface area contributed by atoms with Crippen molar-refractivity contribution in [2.75, 3.05) is 14.2 Å². The first kappa shape index (κ1) is 12.8. The zero-order valence-corrected chi connectivity index (χ0v) is 10.6. The summed E-state index contributed by atoms with van der Waals surface area (Å²) >= 11 is 8.57. The molecule has 16 heavy (non-hydrogen) atoms. The maximum absolute atomic E-state index is 5.16. The second-order valence-corrected chi connectivity index (χ2v) is 3.95. The fourth-order valence-corrected chi connectivity index (χ4v) is 1.21. The molecule has 6 heteroatoms. The van der Waals surface area contributed by atoms with Gasteiger partial charge in [-0.2, -0.15) is 5.10 Å². The van der Waals surface area contributed by atoms with Gasteiger partial charge in [-0.15, -0.1) is 12.6 Å². The molecule has 0 aromatic heterocycles. The molecule has 0 spiro atoms. The van der Waals surface area contributed by atoms with E-state index in [-0.39, 0.29) is 0 Å². The van der Waals surface area contributed by atoms with Crippen molar-refractivity contribution < 1.29 is 9.47 Å². The van der Waals surface area contributed by atoms with Crippen molar-refractivity contribution in [2.45, 2.75) is 0 Å². The zero-order valence-electron chi connectivity index (χ0n) is 8.93. The molecular weight excluding hydrogens is 244 g/mol. The van der Waals surface area contributed by atoms with Crippen molar-refractivity contribution in [2.24, 2.45) is 5.10 Å². The number of hydrogen-bond donors (Lipinski definition) is 2. The molecule has 0 unspecified atom stereocenters. The van der Waals surface area contributed by atoms with Crippen LogP contribution in [0.5, 0.6) is 11.5 Å². The third-order valence-electron chi connectivity index (χ3n) is 1.78. The topological polar surface area (TPSA) is 42.8 Å². The number of nitrogens with one attached hydrogen (secondary N) is 1. The summed E-state index contributed by atoms with van der Waals surface area (Å²) in [6, 6.07) is 5.47. The highest BCUT2D eigenvalue weighted by Crippen LogP contribution is 2.26. The number of methoxy groups -OCH3 is 2. The van der Waals surface area contributed by atoms with Crippen LogP contribution in [0, 0.1) is 0 Å². The first-order chi connectivity index (χ1) is 7.67. The first-order valence-corrected chi connectivity index (χ1v) is 5.27. The Labute approximate surface area is 105 Å². The van der Waals surface area contributed by atoms with Crippen LogP contribution in [0.1, 0.15) is 5.56 Å². The average Bonchev–Trinajstić information content (AvgIpc) is 2.28. The normalized spacial score (nSPS) is 10.2. The second kappa shape index (κ2) is 6.34. The van der Waals surface area contributed by atoms with Gasteiger partial charge < -0.3 is 9.47 Å². The molecular formula is C10H12N2O2S2. The van der Waals surface area contributed by atoms with Crippen LogP contribution in [0.2, 0.25) is 0 Å². The van der Waals surface area contributed by atoms with E-state index in [2.05, 4.69) is 23.2 Å². The van der Waals surface area contributed by atoms with Gasteiger partial charge in [-0.3, -0.25) is 5.43 Å². The Balaban J connectivity index is 2.82. The predicted octanol–water partition coefficient (Wildman–Crippen LogP) is 1.84. The van der Waals surface area contributed by atoms with E-state index < -0.39 is 0 Å². The summed E-state index contributed by atoms with van der Waals surface area (Å²) in [6.07, 6.45) is 1.62. The number of benzene rings is 1. The number of hydrogen-bond acceptors (Lipinski definition) is 4. The highest BCUT2D eigenvalue weighted by Gasteiger charge is 2.02. The van der Waals surface area contributed by atoms with E-state index in [1.807, 2.05) is 12.1 Å². The van der Waals surface area contributed by atoms with Gasteiger partial charge in [0.2, 0.25) is 0 Å². The van der Waals surface area contributed by atoms with Gasteiger partial charge in [0.1, 0.15) is 0 Å². The molecule has 0 heterocycles. The molecule has 1 aromatic carbocycles. The third kappa shape index (κ3) is 3.71. The number of ether oxygens (including phenoxy) is 2. The van der Waals surface area contributed by atoms with Crippen LogP contribution in [0.4, 0.5) is 0 Å². The molecule has 0 saturated heterocycles. The molecule has 86 valence electrons. The fourth-order valence-electron chi connectivity index (χ4n) is 1.10. The number of rotatable bonds is 4. The third-order valence-corrected chi connectivity index (χ3v) is 1.97. The molecule has 0 saturated carbocycles. The van der Waals surface area contributed by atoms with Crippen molar-refractivity contribution in [1.29, 1.82) is 0 Å². The Bertz CT molecular complexity index is 408. The van der Waals surface area contributed by atoms with E-state index in [1.165, 1.54) is 0 Å². The highest BCUT2D eigenvalue weighted by atomic mass is 32.1. The summed E-state index contributed by atoms with van der Waals surface area (Å²) in [5, 5.41) is 3.88. The van der Waals surface area contributed by atoms with E-state index in [9.17, 15) is 0 Å².